The summed E-state index contributed by atoms with van der Waals surface area (Å²) in [7, 11) is 0. The van der Waals surface area contributed by atoms with Crippen LogP contribution in [0.4, 0.5) is 10.5 Å². The number of benzene rings is 1. The highest BCUT2D eigenvalue weighted by atomic mass is 16.3. The number of aliphatic hydroxyl groups is 1. The van der Waals surface area contributed by atoms with Gasteiger partial charge in [-0.05, 0) is 26.0 Å². The second kappa shape index (κ2) is 4.42. The molecule has 0 bridgehead atoms. The predicted molar refractivity (Wildman–Crippen MR) is 67.7 cm³/mol. The number of anilines is 1. The fourth-order valence-corrected chi connectivity index (χ4v) is 1.94. The Morgan fingerprint density at radius 2 is 2.06 bits per heavy atom. The number of hydrogen-bond donors (Lipinski definition) is 2. The number of carbonyl (C=O) groups excluding carboxylic acids is 2. The first kappa shape index (κ1) is 12.6. The highest BCUT2D eigenvalue weighted by Gasteiger charge is 2.39. The fraction of sp³-hybridized carbons (Fsp3) is 0.385. The number of carbonyl (C=O) groups is 2. The van der Waals surface area contributed by atoms with E-state index in [9.17, 15) is 14.7 Å². The zero-order chi connectivity index (χ0) is 13.3. The number of β-amino-alcohol motifs (C(OH)–C–C–N with tert-alkyl or cyclic N) is 1. The molecule has 0 radical (unpaired) electrons. The largest absolute Gasteiger partial charge is 0.386 e. The van der Waals surface area contributed by atoms with Crippen molar-refractivity contribution < 1.29 is 14.7 Å². The van der Waals surface area contributed by atoms with Crippen LogP contribution in [0.15, 0.2) is 24.3 Å². The molecule has 0 aromatic heterocycles. The summed E-state index contributed by atoms with van der Waals surface area (Å²) in [5.41, 5.74) is 0.362. The van der Waals surface area contributed by atoms with Crippen molar-refractivity contribution in [1.82, 2.24) is 4.90 Å². The van der Waals surface area contributed by atoms with Crippen LogP contribution in [-0.2, 0) is 0 Å². The van der Waals surface area contributed by atoms with Gasteiger partial charge in [-0.3, -0.25) is 4.79 Å². The molecule has 0 spiro atoms. The highest BCUT2D eigenvalue weighted by molar-refractivity contribution is 5.96. The van der Waals surface area contributed by atoms with Crippen LogP contribution in [0.3, 0.4) is 0 Å². The van der Waals surface area contributed by atoms with Gasteiger partial charge < -0.3 is 15.3 Å². The van der Waals surface area contributed by atoms with Crippen LogP contribution in [0.5, 0.6) is 0 Å². The molecule has 1 fully saturated rings. The van der Waals surface area contributed by atoms with Gasteiger partial charge in [0.25, 0.3) is 0 Å². The van der Waals surface area contributed by atoms with Crippen molar-refractivity contribution in [2.75, 3.05) is 18.4 Å². The predicted octanol–water partition coefficient (Wildman–Crippen LogP) is 1.49. The molecule has 1 aliphatic rings. The molecule has 5 heteroatoms. The van der Waals surface area contributed by atoms with Crippen molar-refractivity contribution in [1.29, 1.82) is 0 Å². The molecule has 1 heterocycles. The van der Waals surface area contributed by atoms with Crippen LogP contribution in [0.2, 0.25) is 0 Å². The Hall–Kier alpha value is -1.88. The summed E-state index contributed by atoms with van der Waals surface area (Å²) < 4.78 is 0. The third-order valence-electron chi connectivity index (χ3n) is 2.87. The van der Waals surface area contributed by atoms with Gasteiger partial charge in [0, 0.05) is 11.3 Å². The first-order valence-corrected chi connectivity index (χ1v) is 5.77. The fourth-order valence-electron chi connectivity index (χ4n) is 1.94. The molecule has 1 aliphatic heterocycles. The van der Waals surface area contributed by atoms with E-state index >= 15 is 0 Å². The number of Topliss-reactive ketones (excluding diaryl/α,β-unsaturated/α-hetero) is 1. The van der Waals surface area contributed by atoms with Gasteiger partial charge in [-0.15, -0.1) is 0 Å². The van der Waals surface area contributed by atoms with Crippen molar-refractivity contribution in [3.05, 3.63) is 29.8 Å². The second-order valence-electron chi connectivity index (χ2n) is 4.92. The van der Waals surface area contributed by atoms with E-state index in [1.165, 1.54) is 11.8 Å². The Morgan fingerprint density at radius 3 is 2.61 bits per heavy atom. The SMILES string of the molecule is CC(=O)c1cccc(NC(=O)N2CC(C)(O)C2)c1. The van der Waals surface area contributed by atoms with E-state index in [-0.39, 0.29) is 11.8 Å². The number of ketones is 1. The summed E-state index contributed by atoms with van der Waals surface area (Å²) >= 11 is 0. The maximum Gasteiger partial charge on any atom is 0.322 e. The lowest BCUT2D eigenvalue weighted by molar-refractivity contribution is -0.0581. The summed E-state index contributed by atoms with van der Waals surface area (Å²) in [4.78, 5) is 24.5. The smallest absolute Gasteiger partial charge is 0.322 e. The lowest BCUT2D eigenvalue weighted by atomic mass is 9.98. The number of nitrogens with zero attached hydrogens (tertiary/aromatic N) is 1. The number of urea groups is 1. The molecule has 0 aliphatic carbocycles. The van der Waals surface area contributed by atoms with Gasteiger partial charge >= 0.3 is 6.03 Å². The van der Waals surface area contributed by atoms with Gasteiger partial charge in [0.2, 0.25) is 0 Å². The third-order valence-corrected chi connectivity index (χ3v) is 2.87. The van der Waals surface area contributed by atoms with Gasteiger partial charge in [0.15, 0.2) is 5.78 Å². The molecule has 1 aromatic rings. The van der Waals surface area contributed by atoms with Crippen molar-refractivity contribution in [3.8, 4) is 0 Å². The van der Waals surface area contributed by atoms with Crippen molar-refractivity contribution in [2.45, 2.75) is 19.4 Å². The van der Waals surface area contributed by atoms with E-state index in [1.807, 2.05) is 0 Å². The molecule has 2 rings (SSSR count). The summed E-state index contributed by atoms with van der Waals surface area (Å²) in [6, 6.07) is 6.52. The summed E-state index contributed by atoms with van der Waals surface area (Å²) in [6.45, 7) is 3.82. The summed E-state index contributed by atoms with van der Waals surface area (Å²) in [5.74, 6) is -0.0435. The first-order valence-electron chi connectivity index (χ1n) is 5.77. The number of likely N-dealkylation sites (tertiary alicyclic amines) is 1. The van der Waals surface area contributed by atoms with Crippen molar-refractivity contribution in [2.24, 2.45) is 0 Å². The first-order chi connectivity index (χ1) is 8.37. The quantitative estimate of drug-likeness (QED) is 0.779. The molecule has 1 aromatic carbocycles. The molecule has 2 N–H and O–H groups in total. The van der Waals surface area contributed by atoms with Crippen LogP contribution in [-0.4, -0.2) is 40.5 Å². The van der Waals surface area contributed by atoms with Gasteiger partial charge in [0.1, 0.15) is 0 Å². The van der Waals surface area contributed by atoms with Gasteiger partial charge in [0.05, 0.1) is 18.7 Å². The van der Waals surface area contributed by atoms with Crippen LogP contribution >= 0.6 is 0 Å². The van der Waals surface area contributed by atoms with Gasteiger partial charge in [-0.25, -0.2) is 4.79 Å². The Morgan fingerprint density at radius 1 is 1.39 bits per heavy atom. The Bertz CT molecular complexity index is 489. The summed E-state index contributed by atoms with van der Waals surface area (Å²) in [6.07, 6.45) is 0. The maximum absolute atomic E-state index is 11.8. The molecule has 0 unspecified atom stereocenters. The average Bonchev–Trinajstić information content (AvgIpc) is 2.26. The van der Waals surface area contributed by atoms with E-state index < -0.39 is 5.60 Å². The minimum absolute atomic E-state index is 0.0435. The van der Waals surface area contributed by atoms with Crippen LogP contribution in [0.1, 0.15) is 24.2 Å². The van der Waals surface area contributed by atoms with E-state index in [2.05, 4.69) is 5.32 Å². The Balaban J connectivity index is 2.00. The lowest BCUT2D eigenvalue weighted by Gasteiger charge is -2.43. The van der Waals surface area contributed by atoms with Crippen LogP contribution < -0.4 is 5.32 Å². The van der Waals surface area contributed by atoms with E-state index in [1.54, 1.807) is 31.2 Å². The normalized spacial score (nSPS) is 16.9. The standard InChI is InChI=1S/C13H16N2O3/c1-9(16)10-4-3-5-11(6-10)14-12(17)15-7-13(2,18)8-15/h3-6,18H,7-8H2,1-2H3,(H,14,17). The zero-order valence-corrected chi connectivity index (χ0v) is 10.4. The minimum Gasteiger partial charge on any atom is -0.386 e. The van der Waals surface area contributed by atoms with E-state index in [0.29, 0.717) is 24.3 Å². The number of nitrogens with one attached hydrogen (secondary N) is 1. The van der Waals surface area contributed by atoms with Gasteiger partial charge in [-0.2, -0.15) is 0 Å². The molecular formula is C13H16N2O3. The third kappa shape index (κ3) is 2.68. The van der Waals surface area contributed by atoms with E-state index in [0.717, 1.165) is 0 Å². The molecule has 1 saturated heterocycles. The Kier molecular flexibility index (Phi) is 3.09. The zero-order valence-electron chi connectivity index (χ0n) is 10.4. The maximum atomic E-state index is 11.8. The number of rotatable bonds is 2. The molecule has 0 atom stereocenters. The molecule has 18 heavy (non-hydrogen) atoms. The number of hydrogen-bond acceptors (Lipinski definition) is 3. The van der Waals surface area contributed by atoms with Gasteiger partial charge in [-0.1, -0.05) is 12.1 Å². The monoisotopic (exact) mass is 248 g/mol. The van der Waals surface area contributed by atoms with Crippen LogP contribution in [0.25, 0.3) is 0 Å². The van der Waals surface area contributed by atoms with Crippen molar-refractivity contribution in [3.63, 3.8) is 0 Å². The van der Waals surface area contributed by atoms with Crippen molar-refractivity contribution >= 4 is 17.5 Å². The Labute approximate surface area is 105 Å². The minimum atomic E-state index is -0.779. The van der Waals surface area contributed by atoms with Crippen LogP contribution in [0, 0.1) is 0 Å². The van der Waals surface area contributed by atoms with E-state index in [4.69, 9.17) is 0 Å². The number of amides is 2. The lowest BCUT2D eigenvalue weighted by Crippen LogP contribution is -2.62. The molecule has 0 saturated carbocycles. The molecule has 2 amide bonds. The molecule has 5 nitrogen and oxygen atoms in total. The summed E-state index contributed by atoms with van der Waals surface area (Å²) in [5, 5.41) is 12.2. The highest BCUT2D eigenvalue weighted by Crippen LogP contribution is 2.21. The molecule has 96 valence electrons. The second-order valence-corrected chi connectivity index (χ2v) is 4.92. The molecular weight excluding hydrogens is 232 g/mol. The average molecular weight is 248 g/mol. The topological polar surface area (TPSA) is 69.6 Å².